The second kappa shape index (κ2) is 8.48. The lowest BCUT2D eigenvalue weighted by Crippen LogP contribution is -2.42. The summed E-state index contributed by atoms with van der Waals surface area (Å²) in [5, 5.41) is 2.82. The van der Waals surface area contributed by atoms with E-state index in [1.807, 2.05) is 66.7 Å². The number of nitrogens with one attached hydrogen (secondary N) is 1. The molecular weight excluding hydrogens is 354 g/mol. The zero-order valence-electron chi connectivity index (χ0n) is 15.3. The van der Waals surface area contributed by atoms with Crippen molar-refractivity contribution in [3.8, 4) is 28.4 Å². The van der Waals surface area contributed by atoms with Crippen LogP contribution in [0.1, 0.15) is 0 Å². The summed E-state index contributed by atoms with van der Waals surface area (Å²) < 4.78 is 17.0. The molecule has 3 aromatic rings. The van der Waals surface area contributed by atoms with Crippen molar-refractivity contribution in [3.05, 3.63) is 78.9 Å². The van der Waals surface area contributed by atoms with Crippen molar-refractivity contribution in [2.24, 2.45) is 0 Å². The Bertz CT molecular complexity index is 925. The molecule has 1 heterocycles. The quantitative estimate of drug-likeness (QED) is 0.714. The fourth-order valence-corrected chi connectivity index (χ4v) is 2.97. The van der Waals surface area contributed by atoms with E-state index in [0.29, 0.717) is 24.7 Å². The van der Waals surface area contributed by atoms with E-state index in [4.69, 9.17) is 14.2 Å². The first-order valence-electron chi connectivity index (χ1n) is 9.21. The molecule has 0 aromatic heterocycles. The molecule has 4 rings (SSSR count). The summed E-state index contributed by atoms with van der Waals surface area (Å²) >= 11 is 0. The maximum absolute atomic E-state index is 12.1. The van der Waals surface area contributed by atoms with Crippen LogP contribution in [0.15, 0.2) is 78.9 Å². The highest BCUT2D eigenvalue weighted by Crippen LogP contribution is 2.30. The molecule has 0 saturated carbocycles. The van der Waals surface area contributed by atoms with Crippen molar-refractivity contribution in [2.75, 3.05) is 19.8 Å². The van der Waals surface area contributed by atoms with Gasteiger partial charge >= 0.3 is 0 Å². The number of carbonyl (C=O) groups is 1. The molecule has 0 spiro atoms. The van der Waals surface area contributed by atoms with Gasteiger partial charge in [-0.15, -0.1) is 0 Å². The zero-order chi connectivity index (χ0) is 19.2. The molecule has 1 amide bonds. The smallest absolute Gasteiger partial charge is 0.258 e. The van der Waals surface area contributed by atoms with Crippen molar-refractivity contribution in [1.29, 1.82) is 0 Å². The molecule has 28 heavy (non-hydrogen) atoms. The molecule has 3 aromatic carbocycles. The van der Waals surface area contributed by atoms with Crippen LogP contribution in [-0.4, -0.2) is 31.8 Å². The molecule has 1 aliphatic rings. The number of para-hydroxylation sites is 2. The van der Waals surface area contributed by atoms with E-state index < -0.39 is 0 Å². The molecule has 0 bridgehead atoms. The number of amides is 1. The van der Waals surface area contributed by atoms with E-state index in [9.17, 15) is 4.79 Å². The Kier molecular flexibility index (Phi) is 5.43. The third kappa shape index (κ3) is 4.43. The van der Waals surface area contributed by atoms with E-state index in [-0.39, 0.29) is 18.6 Å². The summed E-state index contributed by atoms with van der Waals surface area (Å²) in [5.74, 6) is 1.88. The van der Waals surface area contributed by atoms with E-state index in [1.165, 1.54) is 0 Å². The van der Waals surface area contributed by atoms with Gasteiger partial charge in [0, 0.05) is 0 Å². The average Bonchev–Trinajstić information content (AvgIpc) is 2.77. The van der Waals surface area contributed by atoms with Crippen molar-refractivity contribution >= 4 is 5.91 Å². The minimum absolute atomic E-state index is 0.0468. The minimum Gasteiger partial charge on any atom is -0.486 e. The lowest BCUT2D eigenvalue weighted by Gasteiger charge is -2.26. The predicted molar refractivity (Wildman–Crippen MR) is 107 cm³/mol. The van der Waals surface area contributed by atoms with E-state index >= 15 is 0 Å². The Hall–Kier alpha value is -3.47. The minimum atomic E-state index is -0.219. The van der Waals surface area contributed by atoms with Gasteiger partial charge in [0.15, 0.2) is 18.1 Å². The molecule has 0 saturated heterocycles. The Morgan fingerprint density at radius 3 is 2.36 bits per heavy atom. The highest BCUT2D eigenvalue weighted by Gasteiger charge is 2.21. The van der Waals surface area contributed by atoms with Crippen LogP contribution in [-0.2, 0) is 4.79 Å². The fourth-order valence-electron chi connectivity index (χ4n) is 2.97. The predicted octanol–water partition coefficient (Wildman–Crippen LogP) is 3.69. The highest BCUT2D eigenvalue weighted by molar-refractivity contribution is 5.77. The Balaban J connectivity index is 1.23. The maximum atomic E-state index is 12.1. The van der Waals surface area contributed by atoms with Gasteiger partial charge in [-0.25, -0.2) is 0 Å². The maximum Gasteiger partial charge on any atom is 0.258 e. The Morgan fingerprint density at radius 2 is 1.57 bits per heavy atom. The number of benzene rings is 3. The lowest BCUT2D eigenvalue weighted by atomic mass is 10.1. The van der Waals surface area contributed by atoms with Crippen molar-refractivity contribution in [1.82, 2.24) is 5.32 Å². The number of hydrogen-bond acceptors (Lipinski definition) is 4. The zero-order valence-corrected chi connectivity index (χ0v) is 15.3. The summed E-state index contributed by atoms with van der Waals surface area (Å²) in [6.45, 7) is 0.720. The highest BCUT2D eigenvalue weighted by atomic mass is 16.6. The first kappa shape index (κ1) is 17.9. The van der Waals surface area contributed by atoms with Gasteiger partial charge in [-0.1, -0.05) is 54.6 Å². The normalized spacial score (nSPS) is 14.9. The van der Waals surface area contributed by atoms with Crippen LogP contribution in [0, 0.1) is 0 Å². The van der Waals surface area contributed by atoms with Crippen LogP contribution in [0.4, 0.5) is 0 Å². The van der Waals surface area contributed by atoms with Crippen molar-refractivity contribution in [3.63, 3.8) is 0 Å². The number of carbonyl (C=O) groups excluding carboxylic acids is 1. The second-order valence-electron chi connectivity index (χ2n) is 6.48. The second-order valence-corrected chi connectivity index (χ2v) is 6.48. The molecule has 0 radical (unpaired) electrons. The number of hydrogen-bond donors (Lipinski definition) is 1. The SMILES string of the molecule is O=C(COc1ccc(-c2ccccc2)cc1)NC[C@@H]1COc2ccccc2O1. The van der Waals surface area contributed by atoms with Gasteiger partial charge in [-0.2, -0.15) is 0 Å². The van der Waals surface area contributed by atoms with Crippen LogP contribution in [0.3, 0.4) is 0 Å². The van der Waals surface area contributed by atoms with Crippen LogP contribution in [0.5, 0.6) is 17.2 Å². The number of ether oxygens (including phenoxy) is 3. The third-order valence-electron chi connectivity index (χ3n) is 4.43. The Labute approximate surface area is 163 Å². The van der Waals surface area contributed by atoms with Crippen LogP contribution in [0.25, 0.3) is 11.1 Å². The fraction of sp³-hybridized carbons (Fsp3) is 0.174. The molecule has 0 unspecified atom stereocenters. The van der Waals surface area contributed by atoms with E-state index in [1.54, 1.807) is 0 Å². The first-order valence-corrected chi connectivity index (χ1v) is 9.21. The van der Waals surface area contributed by atoms with Gasteiger partial charge in [0.1, 0.15) is 18.5 Å². The monoisotopic (exact) mass is 375 g/mol. The van der Waals surface area contributed by atoms with Crippen molar-refractivity contribution in [2.45, 2.75) is 6.10 Å². The largest absolute Gasteiger partial charge is 0.486 e. The molecule has 1 N–H and O–H groups in total. The van der Waals surface area contributed by atoms with Gasteiger partial charge in [0.05, 0.1) is 6.54 Å². The number of rotatable bonds is 6. The van der Waals surface area contributed by atoms with Gasteiger partial charge in [0.25, 0.3) is 5.91 Å². The van der Waals surface area contributed by atoms with Crippen molar-refractivity contribution < 1.29 is 19.0 Å². The van der Waals surface area contributed by atoms with Gasteiger partial charge in [-0.05, 0) is 35.4 Å². The summed E-state index contributed by atoms with van der Waals surface area (Å²) in [5.41, 5.74) is 2.25. The average molecular weight is 375 g/mol. The molecule has 1 atom stereocenters. The van der Waals surface area contributed by atoms with Gasteiger partial charge < -0.3 is 19.5 Å². The molecule has 5 nitrogen and oxygen atoms in total. The van der Waals surface area contributed by atoms with Gasteiger partial charge in [0.2, 0.25) is 0 Å². The molecular formula is C23H21NO4. The van der Waals surface area contributed by atoms with Crippen LogP contribution in [0.2, 0.25) is 0 Å². The topological polar surface area (TPSA) is 56.8 Å². The lowest BCUT2D eigenvalue weighted by molar-refractivity contribution is -0.123. The van der Waals surface area contributed by atoms with Crippen LogP contribution < -0.4 is 19.5 Å². The summed E-state index contributed by atoms with van der Waals surface area (Å²) in [7, 11) is 0. The molecule has 0 aliphatic carbocycles. The third-order valence-corrected chi connectivity index (χ3v) is 4.43. The van der Waals surface area contributed by atoms with E-state index in [0.717, 1.165) is 16.9 Å². The molecule has 5 heteroatoms. The standard InChI is InChI=1S/C23H21NO4/c25-23(24-14-20-15-27-21-8-4-5-9-22(21)28-20)16-26-19-12-10-18(11-13-19)17-6-2-1-3-7-17/h1-13,20H,14-16H2,(H,24,25)/t20-/m1/s1. The molecule has 1 aliphatic heterocycles. The summed E-state index contributed by atoms with van der Waals surface area (Å²) in [4.78, 5) is 12.1. The number of fused-ring (bicyclic) bond motifs is 1. The van der Waals surface area contributed by atoms with Crippen LogP contribution >= 0.6 is 0 Å². The molecule has 0 fully saturated rings. The molecule has 142 valence electrons. The Morgan fingerprint density at radius 1 is 0.893 bits per heavy atom. The summed E-state index contributed by atoms with van der Waals surface area (Å²) in [6.07, 6.45) is -0.219. The van der Waals surface area contributed by atoms with E-state index in [2.05, 4.69) is 17.4 Å². The summed E-state index contributed by atoms with van der Waals surface area (Å²) in [6, 6.07) is 25.3. The first-order chi connectivity index (χ1) is 13.8. The van der Waals surface area contributed by atoms with Gasteiger partial charge in [-0.3, -0.25) is 4.79 Å².